The Hall–Kier alpha value is -1.57. The van der Waals surface area contributed by atoms with Gasteiger partial charge in [0.05, 0.1) is 0 Å². The van der Waals surface area contributed by atoms with Gasteiger partial charge in [-0.15, -0.1) is 0 Å². The Labute approximate surface area is 123 Å². The van der Waals surface area contributed by atoms with E-state index in [2.05, 4.69) is 5.32 Å². The average Bonchev–Trinajstić information content (AvgIpc) is 2.44. The predicted octanol–water partition coefficient (Wildman–Crippen LogP) is -0.776. The van der Waals surface area contributed by atoms with E-state index in [-0.39, 0.29) is 12.6 Å². The largest absolute Gasteiger partial charge is 0.480 e. The first kappa shape index (κ1) is 19.4. The Kier molecular flexibility index (Phi) is 8.68. The van der Waals surface area contributed by atoms with Gasteiger partial charge in [-0.25, -0.2) is 10.6 Å². The van der Waals surface area contributed by atoms with E-state index >= 15 is 0 Å². The number of hydrazine groups is 1. The number of nitrogens with two attached hydrogens (primary N) is 1. The smallest absolute Gasteiger partial charge is 0.366 e. The third-order valence-electron chi connectivity index (χ3n) is 2.75. The van der Waals surface area contributed by atoms with Crippen molar-refractivity contribution in [1.82, 2.24) is 10.3 Å². The highest BCUT2D eigenvalue weighted by Crippen LogP contribution is 2.19. The van der Waals surface area contributed by atoms with Crippen LogP contribution in [0, 0.1) is 0 Å². The quantitative estimate of drug-likeness (QED) is 0.188. The SMILES string of the molecule is C[C@H](NC(=O)CCC[P+](=O)CO)C(=O)N(N)[C@@H](C)C(=O)O. The van der Waals surface area contributed by atoms with Gasteiger partial charge in [-0.1, -0.05) is 4.57 Å². The minimum absolute atomic E-state index is 0.0533. The Bertz CT molecular complexity index is 417. The maximum Gasteiger partial charge on any atom is 0.366 e. The lowest BCUT2D eigenvalue weighted by atomic mass is 10.2. The summed E-state index contributed by atoms with van der Waals surface area (Å²) >= 11 is 0. The van der Waals surface area contributed by atoms with Gasteiger partial charge in [0.1, 0.15) is 18.2 Å². The summed E-state index contributed by atoms with van der Waals surface area (Å²) in [6, 6.07) is -2.17. The second kappa shape index (κ2) is 9.38. The number of aliphatic hydroxyl groups is 1. The van der Waals surface area contributed by atoms with Crippen LogP contribution in [0.1, 0.15) is 26.7 Å². The van der Waals surface area contributed by atoms with Crippen LogP contribution in [0.15, 0.2) is 0 Å². The molecule has 1 unspecified atom stereocenters. The van der Waals surface area contributed by atoms with E-state index in [1.165, 1.54) is 13.8 Å². The van der Waals surface area contributed by atoms with Crippen LogP contribution >= 0.6 is 7.80 Å². The van der Waals surface area contributed by atoms with E-state index in [0.717, 1.165) is 0 Å². The standard InChI is InChI=1S/C11H20N3O6P/c1-7(10(17)14(12)8(2)11(18)19)13-9(16)4-3-5-21(20)6-15/h7-8,15H,3-6,12H2,1-2H3,(H-,13,16,18,19)/p+1/t7-,8-/m0/s1. The van der Waals surface area contributed by atoms with Crippen molar-refractivity contribution in [3.63, 3.8) is 0 Å². The number of nitrogens with zero attached hydrogens (tertiary/aromatic N) is 1. The fraction of sp³-hybridized carbons (Fsp3) is 0.727. The number of aliphatic carboxylic acids is 1. The molecule has 21 heavy (non-hydrogen) atoms. The molecule has 0 aromatic heterocycles. The summed E-state index contributed by atoms with van der Waals surface area (Å²) in [6.07, 6.45) is 0.180. The molecule has 0 bridgehead atoms. The molecule has 0 saturated heterocycles. The van der Waals surface area contributed by atoms with Crippen LogP contribution < -0.4 is 11.2 Å². The lowest BCUT2D eigenvalue weighted by molar-refractivity contribution is -0.150. The van der Waals surface area contributed by atoms with Crippen LogP contribution in [-0.2, 0) is 18.9 Å². The highest BCUT2D eigenvalue weighted by atomic mass is 31.1. The number of hydrogen-bond donors (Lipinski definition) is 4. The molecular weight excluding hydrogens is 301 g/mol. The predicted molar refractivity (Wildman–Crippen MR) is 74.5 cm³/mol. The number of nitrogens with one attached hydrogen (secondary N) is 1. The maximum absolute atomic E-state index is 11.8. The topological polar surface area (TPSA) is 150 Å². The van der Waals surface area contributed by atoms with Gasteiger partial charge < -0.3 is 15.5 Å². The molecule has 0 aliphatic carbocycles. The molecule has 0 aliphatic heterocycles. The van der Waals surface area contributed by atoms with Crippen LogP contribution in [0.5, 0.6) is 0 Å². The van der Waals surface area contributed by atoms with E-state index in [0.29, 0.717) is 11.4 Å². The van der Waals surface area contributed by atoms with Crippen LogP contribution in [-0.4, -0.2) is 57.6 Å². The average molecular weight is 322 g/mol. The first-order valence-electron chi connectivity index (χ1n) is 6.33. The number of carboxylic acid groups (broad SMARTS) is 1. The molecule has 9 nitrogen and oxygen atoms in total. The second-order valence-electron chi connectivity index (χ2n) is 4.50. The Morgan fingerprint density at radius 3 is 2.38 bits per heavy atom. The molecular formula is C11H21N3O6P+. The van der Waals surface area contributed by atoms with Crippen LogP contribution in [0.25, 0.3) is 0 Å². The number of carbonyl (C=O) groups excluding carboxylic acids is 2. The number of amides is 2. The molecule has 0 aromatic carbocycles. The molecule has 0 fully saturated rings. The Balaban J connectivity index is 4.25. The fourth-order valence-corrected chi connectivity index (χ4v) is 2.05. The number of aliphatic hydroxyl groups excluding tert-OH is 1. The summed E-state index contributed by atoms with van der Waals surface area (Å²) in [7, 11) is -1.70. The number of carboxylic acids is 1. The summed E-state index contributed by atoms with van der Waals surface area (Å²) in [6.45, 7) is 2.64. The molecule has 0 aliphatic rings. The van der Waals surface area contributed by atoms with Gasteiger partial charge >= 0.3 is 13.8 Å². The molecule has 5 N–H and O–H groups in total. The lowest BCUT2D eigenvalue weighted by Crippen LogP contribution is -2.55. The number of rotatable bonds is 9. The third kappa shape index (κ3) is 7.12. The molecule has 0 saturated carbocycles. The van der Waals surface area contributed by atoms with Gasteiger partial charge in [-0.05, 0) is 20.3 Å². The molecule has 2 amide bonds. The van der Waals surface area contributed by atoms with Crippen molar-refractivity contribution in [2.24, 2.45) is 5.84 Å². The maximum atomic E-state index is 11.8. The molecule has 0 rings (SSSR count). The van der Waals surface area contributed by atoms with Gasteiger partial charge in [0.15, 0.2) is 0 Å². The van der Waals surface area contributed by atoms with Gasteiger partial charge in [0.25, 0.3) is 5.91 Å². The molecule has 3 atom stereocenters. The van der Waals surface area contributed by atoms with E-state index < -0.39 is 44.0 Å². The van der Waals surface area contributed by atoms with Crippen molar-refractivity contribution in [3.05, 3.63) is 0 Å². The van der Waals surface area contributed by atoms with Gasteiger partial charge in [-0.3, -0.25) is 14.6 Å². The van der Waals surface area contributed by atoms with Gasteiger partial charge in [-0.2, -0.15) is 0 Å². The van der Waals surface area contributed by atoms with Crippen LogP contribution in [0.3, 0.4) is 0 Å². The molecule has 120 valence electrons. The van der Waals surface area contributed by atoms with Crippen molar-refractivity contribution in [1.29, 1.82) is 0 Å². The zero-order valence-electron chi connectivity index (χ0n) is 12.0. The van der Waals surface area contributed by atoms with E-state index in [1.54, 1.807) is 0 Å². The highest BCUT2D eigenvalue weighted by molar-refractivity contribution is 7.44. The zero-order valence-corrected chi connectivity index (χ0v) is 12.9. The number of carbonyl (C=O) groups is 3. The summed E-state index contributed by atoms with van der Waals surface area (Å²) in [5.74, 6) is 2.97. The fourth-order valence-electron chi connectivity index (χ4n) is 1.40. The van der Waals surface area contributed by atoms with E-state index in [4.69, 9.17) is 16.1 Å². The molecule has 0 radical (unpaired) electrons. The normalized spacial score (nSPS) is 14.0. The van der Waals surface area contributed by atoms with Crippen molar-refractivity contribution < 1.29 is 29.2 Å². The van der Waals surface area contributed by atoms with Crippen molar-refractivity contribution in [2.75, 3.05) is 12.5 Å². The zero-order chi connectivity index (χ0) is 16.6. The molecule has 0 spiro atoms. The number of hydrogen-bond acceptors (Lipinski definition) is 6. The van der Waals surface area contributed by atoms with Crippen molar-refractivity contribution in [3.8, 4) is 0 Å². The van der Waals surface area contributed by atoms with E-state index in [9.17, 15) is 18.9 Å². The summed E-state index contributed by atoms with van der Waals surface area (Å²) in [5, 5.41) is 20.3. The second-order valence-corrected chi connectivity index (χ2v) is 6.19. The first-order valence-corrected chi connectivity index (χ1v) is 7.96. The molecule has 0 heterocycles. The third-order valence-corrected chi connectivity index (χ3v) is 3.88. The monoisotopic (exact) mass is 322 g/mol. The summed E-state index contributed by atoms with van der Waals surface area (Å²) in [4.78, 5) is 34.1. The van der Waals surface area contributed by atoms with Crippen molar-refractivity contribution >= 4 is 25.6 Å². The molecule has 0 aromatic rings. The first-order chi connectivity index (χ1) is 9.70. The summed E-state index contributed by atoms with van der Waals surface area (Å²) < 4.78 is 11.0. The van der Waals surface area contributed by atoms with E-state index in [1.807, 2.05) is 0 Å². The Morgan fingerprint density at radius 2 is 1.90 bits per heavy atom. The lowest BCUT2D eigenvalue weighted by Gasteiger charge is -2.24. The van der Waals surface area contributed by atoms with Crippen LogP contribution in [0.4, 0.5) is 0 Å². The minimum atomic E-state index is -1.70. The van der Waals surface area contributed by atoms with Crippen LogP contribution in [0.2, 0.25) is 0 Å². The molecule has 10 heteroatoms. The minimum Gasteiger partial charge on any atom is -0.480 e. The van der Waals surface area contributed by atoms with Gasteiger partial charge in [0, 0.05) is 6.42 Å². The highest BCUT2D eigenvalue weighted by Gasteiger charge is 2.27. The van der Waals surface area contributed by atoms with Crippen molar-refractivity contribution in [2.45, 2.75) is 38.8 Å². The Morgan fingerprint density at radius 1 is 1.33 bits per heavy atom. The summed E-state index contributed by atoms with van der Waals surface area (Å²) in [5.41, 5.74) is 0. The van der Waals surface area contributed by atoms with Gasteiger partial charge in [0.2, 0.25) is 12.3 Å².